The molecule has 0 aliphatic rings. The normalized spacial score (nSPS) is 11.7. The predicted molar refractivity (Wildman–Crippen MR) is 88.1 cm³/mol. The van der Waals surface area contributed by atoms with Gasteiger partial charge in [0, 0.05) is 24.1 Å². The fraction of sp³-hybridized carbons (Fsp3) is 0.278. The average molecular weight is 313 g/mol. The Kier molecular flexibility index (Phi) is 5.46. The van der Waals surface area contributed by atoms with Crippen LogP contribution in [0.5, 0.6) is 5.75 Å². The summed E-state index contributed by atoms with van der Waals surface area (Å²) in [6.45, 7) is 2.03. The fourth-order valence-corrected chi connectivity index (χ4v) is 2.59. The second-order valence-corrected chi connectivity index (χ2v) is 5.28. The number of methoxy groups -OCH3 is 1. The molecule has 0 heterocycles. The van der Waals surface area contributed by atoms with Gasteiger partial charge in [0.2, 0.25) is 0 Å². The zero-order valence-electron chi connectivity index (χ0n) is 13.2. The number of ketones is 1. The van der Waals surface area contributed by atoms with E-state index in [2.05, 4.69) is 0 Å². The van der Waals surface area contributed by atoms with Gasteiger partial charge in [-0.05, 0) is 36.1 Å². The number of carbonyl (C=O) groups excluding carboxylic acids is 1. The van der Waals surface area contributed by atoms with Crippen LogP contribution in [0.4, 0.5) is 5.69 Å². The van der Waals surface area contributed by atoms with Crippen molar-refractivity contribution in [2.45, 2.75) is 25.7 Å². The van der Waals surface area contributed by atoms with Gasteiger partial charge in [-0.2, -0.15) is 0 Å². The van der Waals surface area contributed by atoms with Gasteiger partial charge >= 0.3 is 0 Å². The standard InChI is InChI=1S/C18H19NO4/c1-3-13(16-6-4-5-7-18(16)23-2)12-17(20)14-8-10-15(11-9-14)19(21)22/h4-11,13H,3,12H2,1-2H3. The molecule has 2 aromatic rings. The molecule has 2 aromatic carbocycles. The average Bonchev–Trinajstić information content (AvgIpc) is 2.59. The maximum atomic E-state index is 12.5. The lowest BCUT2D eigenvalue weighted by atomic mass is 9.89. The van der Waals surface area contributed by atoms with Crippen LogP contribution in [0.1, 0.15) is 41.6 Å². The van der Waals surface area contributed by atoms with E-state index in [4.69, 9.17) is 4.74 Å². The Labute approximate surface area is 135 Å². The highest BCUT2D eigenvalue weighted by Crippen LogP contribution is 2.32. The van der Waals surface area contributed by atoms with Crippen LogP contribution in [0.3, 0.4) is 0 Å². The van der Waals surface area contributed by atoms with Crippen LogP contribution in [0.2, 0.25) is 0 Å². The van der Waals surface area contributed by atoms with Gasteiger partial charge in [-0.15, -0.1) is 0 Å². The number of hydrogen-bond donors (Lipinski definition) is 0. The van der Waals surface area contributed by atoms with Gasteiger partial charge in [0.05, 0.1) is 12.0 Å². The first-order chi connectivity index (χ1) is 11.1. The Balaban J connectivity index is 2.18. The number of para-hydroxylation sites is 1. The van der Waals surface area contributed by atoms with Gasteiger partial charge in [0.15, 0.2) is 5.78 Å². The molecule has 120 valence electrons. The van der Waals surface area contributed by atoms with Crippen LogP contribution in [-0.4, -0.2) is 17.8 Å². The molecule has 2 rings (SSSR count). The van der Waals surface area contributed by atoms with Crippen molar-refractivity contribution in [1.29, 1.82) is 0 Å². The van der Waals surface area contributed by atoms with Crippen LogP contribution >= 0.6 is 0 Å². The summed E-state index contributed by atoms with van der Waals surface area (Å²) in [4.78, 5) is 22.7. The quantitative estimate of drug-likeness (QED) is 0.432. The van der Waals surface area contributed by atoms with Crippen molar-refractivity contribution in [3.8, 4) is 5.75 Å². The lowest BCUT2D eigenvalue weighted by Gasteiger charge is -2.17. The van der Waals surface area contributed by atoms with Crippen LogP contribution in [0.25, 0.3) is 0 Å². The molecule has 0 N–H and O–H groups in total. The fourth-order valence-electron chi connectivity index (χ4n) is 2.59. The van der Waals surface area contributed by atoms with Gasteiger partial charge < -0.3 is 4.74 Å². The second-order valence-electron chi connectivity index (χ2n) is 5.28. The molecular weight excluding hydrogens is 294 g/mol. The molecule has 5 nitrogen and oxygen atoms in total. The van der Waals surface area contributed by atoms with Gasteiger partial charge in [0.25, 0.3) is 5.69 Å². The Hall–Kier alpha value is -2.69. The minimum Gasteiger partial charge on any atom is -0.496 e. The molecule has 5 heteroatoms. The van der Waals surface area contributed by atoms with Crippen molar-refractivity contribution in [3.63, 3.8) is 0 Å². The topological polar surface area (TPSA) is 69.4 Å². The molecule has 1 unspecified atom stereocenters. The third-order valence-corrected chi connectivity index (χ3v) is 3.90. The van der Waals surface area contributed by atoms with Gasteiger partial charge in [0.1, 0.15) is 5.75 Å². The number of benzene rings is 2. The molecule has 0 aliphatic heterocycles. The highest BCUT2D eigenvalue weighted by atomic mass is 16.6. The minimum atomic E-state index is -0.474. The summed E-state index contributed by atoms with van der Waals surface area (Å²) in [7, 11) is 1.61. The van der Waals surface area contributed by atoms with Crippen LogP contribution < -0.4 is 4.74 Å². The Morgan fingerprint density at radius 1 is 1.17 bits per heavy atom. The minimum absolute atomic E-state index is 0.0154. The van der Waals surface area contributed by atoms with E-state index < -0.39 is 4.92 Å². The van der Waals surface area contributed by atoms with Crippen molar-refractivity contribution in [2.24, 2.45) is 0 Å². The Bertz CT molecular complexity index is 694. The molecular formula is C18H19NO4. The SMILES string of the molecule is CCC(CC(=O)c1ccc([N+](=O)[O-])cc1)c1ccccc1OC. The maximum Gasteiger partial charge on any atom is 0.269 e. The molecule has 0 radical (unpaired) electrons. The van der Waals surface area contributed by atoms with Crippen LogP contribution in [-0.2, 0) is 0 Å². The molecule has 0 bridgehead atoms. The number of Topliss-reactive ketones (excluding diaryl/α,β-unsaturated/α-hetero) is 1. The van der Waals surface area contributed by atoms with Crippen molar-refractivity contribution >= 4 is 11.5 Å². The third-order valence-electron chi connectivity index (χ3n) is 3.90. The van der Waals surface area contributed by atoms with Gasteiger partial charge in [-0.1, -0.05) is 25.1 Å². The van der Waals surface area contributed by atoms with E-state index in [-0.39, 0.29) is 17.4 Å². The zero-order valence-corrected chi connectivity index (χ0v) is 13.2. The van der Waals surface area contributed by atoms with E-state index in [1.165, 1.54) is 24.3 Å². The molecule has 0 saturated heterocycles. The first-order valence-electron chi connectivity index (χ1n) is 7.47. The number of ether oxygens (including phenoxy) is 1. The first-order valence-corrected chi connectivity index (χ1v) is 7.47. The van der Waals surface area contributed by atoms with Crippen LogP contribution in [0.15, 0.2) is 48.5 Å². The molecule has 0 amide bonds. The molecule has 0 spiro atoms. The van der Waals surface area contributed by atoms with E-state index in [1.807, 2.05) is 31.2 Å². The molecule has 0 saturated carbocycles. The first kappa shape index (κ1) is 16.7. The van der Waals surface area contributed by atoms with Crippen LogP contribution in [0, 0.1) is 10.1 Å². The van der Waals surface area contributed by atoms with Crippen molar-refractivity contribution < 1.29 is 14.5 Å². The lowest BCUT2D eigenvalue weighted by Crippen LogP contribution is -2.08. The highest BCUT2D eigenvalue weighted by molar-refractivity contribution is 5.96. The Morgan fingerprint density at radius 2 is 1.83 bits per heavy atom. The van der Waals surface area contributed by atoms with E-state index >= 15 is 0 Å². The number of hydrogen-bond acceptors (Lipinski definition) is 4. The summed E-state index contributed by atoms with van der Waals surface area (Å²) in [6, 6.07) is 13.4. The lowest BCUT2D eigenvalue weighted by molar-refractivity contribution is -0.384. The summed E-state index contributed by atoms with van der Waals surface area (Å²) >= 11 is 0. The summed E-state index contributed by atoms with van der Waals surface area (Å²) in [5, 5.41) is 10.7. The number of rotatable bonds is 7. The molecule has 0 aliphatic carbocycles. The molecule has 0 fully saturated rings. The summed E-state index contributed by atoms with van der Waals surface area (Å²) in [6.07, 6.45) is 1.15. The van der Waals surface area contributed by atoms with E-state index in [9.17, 15) is 14.9 Å². The predicted octanol–water partition coefficient (Wildman–Crippen LogP) is 4.37. The van der Waals surface area contributed by atoms with Gasteiger partial charge in [-0.25, -0.2) is 0 Å². The summed E-state index contributed by atoms with van der Waals surface area (Å²) < 4.78 is 5.37. The van der Waals surface area contributed by atoms with E-state index in [0.29, 0.717) is 12.0 Å². The monoisotopic (exact) mass is 313 g/mol. The molecule has 23 heavy (non-hydrogen) atoms. The van der Waals surface area contributed by atoms with Crippen molar-refractivity contribution in [1.82, 2.24) is 0 Å². The number of nitrogens with zero attached hydrogens (tertiary/aromatic N) is 1. The number of nitro benzene ring substituents is 1. The maximum absolute atomic E-state index is 12.5. The molecule has 0 aromatic heterocycles. The van der Waals surface area contributed by atoms with Crippen molar-refractivity contribution in [2.75, 3.05) is 7.11 Å². The zero-order chi connectivity index (χ0) is 16.8. The van der Waals surface area contributed by atoms with Crippen molar-refractivity contribution in [3.05, 3.63) is 69.8 Å². The summed E-state index contributed by atoms with van der Waals surface area (Å²) in [5.74, 6) is 0.794. The smallest absolute Gasteiger partial charge is 0.269 e. The third kappa shape index (κ3) is 3.94. The van der Waals surface area contributed by atoms with E-state index in [0.717, 1.165) is 17.7 Å². The largest absolute Gasteiger partial charge is 0.496 e. The number of nitro groups is 1. The number of carbonyl (C=O) groups is 1. The van der Waals surface area contributed by atoms with E-state index in [1.54, 1.807) is 7.11 Å². The highest BCUT2D eigenvalue weighted by Gasteiger charge is 2.19. The molecule has 1 atom stereocenters. The second kappa shape index (κ2) is 7.54. The van der Waals surface area contributed by atoms with Gasteiger partial charge in [-0.3, -0.25) is 14.9 Å². The number of non-ortho nitro benzene ring substituents is 1. The Morgan fingerprint density at radius 3 is 2.39 bits per heavy atom. The summed E-state index contributed by atoms with van der Waals surface area (Å²) in [5.41, 5.74) is 1.48.